The summed E-state index contributed by atoms with van der Waals surface area (Å²) in [7, 11) is -3.53. The number of aryl methyl sites for hydroxylation is 1. The Morgan fingerprint density at radius 2 is 2.11 bits per heavy atom. The van der Waals surface area contributed by atoms with Crippen molar-refractivity contribution in [3.63, 3.8) is 0 Å². The Morgan fingerprint density at radius 3 is 2.68 bits per heavy atom. The topological polar surface area (TPSA) is 78.4 Å². The molecule has 0 aliphatic carbocycles. The number of aliphatic hydroxyl groups is 1. The van der Waals surface area contributed by atoms with Crippen molar-refractivity contribution in [3.05, 3.63) is 29.3 Å². The minimum Gasteiger partial charge on any atom is -0.384 e. The molecule has 0 radical (unpaired) electrons. The van der Waals surface area contributed by atoms with Crippen LogP contribution in [0.3, 0.4) is 0 Å². The molecule has 0 heterocycles. The highest BCUT2D eigenvalue weighted by Crippen LogP contribution is 2.17. The molecule has 0 unspecified atom stereocenters. The van der Waals surface area contributed by atoms with Crippen LogP contribution in [0.4, 0.5) is 5.69 Å². The van der Waals surface area contributed by atoms with Gasteiger partial charge in [0.2, 0.25) is 0 Å². The molecule has 1 aromatic rings. The van der Waals surface area contributed by atoms with Gasteiger partial charge in [-0.05, 0) is 37.1 Å². The van der Waals surface area contributed by atoms with Gasteiger partial charge >= 0.3 is 0 Å². The van der Waals surface area contributed by atoms with E-state index in [-0.39, 0.29) is 6.61 Å². The lowest BCUT2D eigenvalue weighted by Crippen LogP contribution is -2.30. The average molecular weight is 282 g/mol. The number of anilines is 1. The van der Waals surface area contributed by atoms with Gasteiger partial charge in [0.25, 0.3) is 10.2 Å². The lowest BCUT2D eigenvalue weighted by molar-refractivity contribution is 0.350. The van der Waals surface area contributed by atoms with Crippen molar-refractivity contribution in [2.45, 2.75) is 20.3 Å². The second kappa shape index (κ2) is 7.14. The Hall–Kier alpha value is -1.55. The zero-order valence-corrected chi connectivity index (χ0v) is 11.8. The summed E-state index contributed by atoms with van der Waals surface area (Å²) < 4.78 is 28.3. The number of benzene rings is 1. The van der Waals surface area contributed by atoms with Gasteiger partial charge in [0, 0.05) is 12.1 Å². The SMILES string of the molecule is CCCNS(=O)(=O)Nc1ccc(C#CCO)cc1C. The number of aliphatic hydroxyl groups excluding tert-OH is 1. The Labute approximate surface area is 114 Å². The van der Waals surface area contributed by atoms with Crippen molar-refractivity contribution in [1.82, 2.24) is 4.72 Å². The van der Waals surface area contributed by atoms with Gasteiger partial charge in [0.1, 0.15) is 6.61 Å². The van der Waals surface area contributed by atoms with Crippen LogP contribution in [0.25, 0.3) is 0 Å². The molecule has 0 bridgehead atoms. The van der Waals surface area contributed by atoms with Gasteiger partial charge in [-0.25, -0.2) is 0 Å². The molecule has 19 heavy (non-hydrogen) atoms. The first-order valence-corrected chi connectivity index (χ1v) is 7.44. The maximum atomic E-state index is 11.7. The lowest BCUT2D eigenvalue weighted by atomic mass is 10.1. The van der Waals surface area contributed by atoms with E-state index in [9.17, 15) is 8.42 Å². The van der Waals surface area contributed by atoms with Crippen molar-refractivity contribution < 1.29 is 13.5 Å². The predicted molar refractivity (Wildman–Crippen MR) is 76.0 cm³/mol. The smallest absolute Gasteiger partial charge is 0.299 e. The Bertz CT molecular complexity index is 586. The van der Waals surface area contributed by atoms with Crippen LogP contribution in [0.5, 0.6) is 0 Å². The Kier molecular flexibility index (Phi) is 5.83. The number of nitrogens with one attached hydrogen (secondary N) is 2. The van der Waals surface area contributed by atoms with Crippen LogP contribution in [0, 0.1) is 18.8 Å². The van der Waals surface area contributed by atoms with Crippen molar-refractivity contribution in [3.8, 4) is 11.8 Å². The van der Waals surface area contributed by atoms with E-state index in [1.807, 2.05) is 6.92 Å². The number of hydrogen-bond donors (Lipinski definition) is 3. The second-order valence-electron chi connectivity index (χ2n) is 3.99. The van der Waals surface area contributed by atoms with Crippen molar-refractivity contribution in [1.29, 1.82) is 0 Å². The fourth-order valence-electron chi connectivity index (χ4n) is 1.41. The second-order valence-corrected chi connectivity index (χ2v) is 5.49. The van der Waals surface area contributed by atoms with E-state index in [2.05, 4.69) is 21.3 Å². The van der Waals surface area contributed by atoms with Gasteiger partial charge < -0.3 is 5.11 Å². The largest absolute Gasteiger partial charge is 0.384 e. The standard InChI is InChI=1S/C13H18N2O3S/c1-3-8-14-19(17,18)15-13-7-6-12(5-4-9-16)10-11(13)2/h6-7,10,14-16H,3,8-9H2,1-2H3. The normalized spacial score (nSPS) is 10.7. The third-order valence-corrected chi connectivity index (χ3v) is 3.40. The summed E-state index contributed by atoms with van der Waals surface area (Å²) in [6, 6.07) is 5.12. The van der Waals surface area contributed by atoms with Crippen LogP contribution in [-0.4, -0.2) is 26.7 Å². The van der Waals surface area contributed by atoms with Crippen molar-refractivity contribution in [2.24, 2.45) is 0 Å². The first kappa shape index (κ1) is 15.5. The average Bonchev–Trinajstić information content (AvgIpc) is 2.37. The monoisotopic (exact) mass is 282 g/mol. The molecule has 0 aliphatic rings. The van der Waals surface area contributed by atoms with Crippen molar-refractivity contribution in [2.75, 3.05) is 17.9 Å². The van der Waals surface area contributed by atoms with Gasteiger partial charge in [0.05, 0.1) is 5.69 Å². The molecule has 6 heteroatoms. The molecule has 0 saturated heterocycles. The van der Waals surface area contributed by atoms with E-state index in [4.69, 9.17) is 5.11 Å². The van der Waals surface area contributed by atoms with E-state index in [0.717, 1.165) is 17.5 Å². The summed E-state index contributed by atoms with van der Waals surface area (Å²) in [4.78, 5) is 0. The maximum Gasteiger partial charge on any atom is 0.299 e. The Morgan fingerprint density at radius 1 is 1.37 bits per heavy atom. The molecule has 0 atom stereocenters. The molecule has 1 aromatic carbocycles. The fraction of sp³-hybridized carbons (Fsp3) is 0.385. The highest BCUT2D eigenvalue weighted by molar-refractivity contribution is 7.90. The van der Waals surface area contributed by atoms with Gasteiger partial charge in [0.15, 0.2) is 0 Å². The molecular weight excluding hydrogens is 264 g/mol. The van der Waals surface area contributed by atoms with Crippen LogP contribution < -0.4 is 9.44 Å². The highest BCUT2D eigenvalue weighted by Gasteiger charge is 2.10. The molecule has 0 saturated carbocycles. The van der Waals surface area contributed by atoms with Crippen LogP contribution in [-0.2, 0) is 10.2 Å². The minimum absolute atomic E-state index is 0.200. The van der Waals surface area contributed by atoms with Crippen LogP contribution >= 0.6 is 0 Å². The summed E-state index contributed by atoms with van der Waals surface area (Å²) in [6.07, 6.45) is 0.732. The van der Waals surface area contributed by atoms with Crippen LogP contribution in [0.15, 0.2) is 18.2 Å². The summed E-state index contributed by atoms with van der Waals surface area (Å²) in [6.45, 7) is 3.88. The summed E-state index contributed by atoms with van der Waals surface area (Å²) in [5.74, 6) is 5.31. The summed E-state index contributed by atoms with van der Waals surface area (Å²) in [5.41, 5.74) is 2.01. The third-order valence-electron chi connectivity index (χ3n) is 2.32. The van der Waals surface area contributed by atoms with Crippen LogP contribution in [0.2, 0.25) is 0 Å². The molecule has 5 nitrogen and oxygen atoms in total. The van der Waals surface area contributed by atoms with E-state index >= 15 is 0 Å². The first-order valence-electron chi connectivity index (χ1n) is 5.96. The summed E-state index contributed by atoms with van der Waals surface area (Å²) in [5, 5.41) is 8.61. The molecule has 0 fully saturated rings. The highest BCUT2D eigenvalue weighted by atomic mass is 32.2. The lowest BCUT2D eigenvalue weighted by Gasteiger charge is -2.11. The molecule has 1 rings (SSSR count). The Balaban J connectivity index is 2.86. The quantitative estimate of drug-likeness (QED) is 0.705. The molecule has 0 aliphatic heterocycles. The van der Waals surface area contributed by atoms with E-state index < -0.39 is 10.2 Å². The molecule has 3 N–H and O–H groups in total. The maximum absolute atomic E-state index is 11.7. The molecular formula is C13H18N2O3S. The molecule has 0 spiro atoms. The fourth-order valence-corrected chi connectivity index (χ4v) is 2.48. The van der Waals surface area contributed by atoms with E-state index in [1.54, 1.807) is 25.1 Å². The number of hydrogen-bond acceptors (Lipinski definition) is 3. The van der Waals surface area contributed by atoms with E-state index in [0.29, 0.717) is 12.2 Å². The zero-order valence-electron chi connectivity index (χ0n) is 11.0. The zero-order chi connectivity index (χ0) is 14.3. The molecule has 0 aromatic heterocycles. The number of rotatable bonds is 5. The van der Waals surface area contributed by atoms with Gasteiger partial charge in [-0.1, -0.05) is 18.8 Å². The minimum atomic E-state index is -3.53. The summed E-state index contributed by atoms with van der Waals surface area (Å²) >= 11 is 0. The van der Waals surface area contributed by atoms with Gasteiger partial charge in [-0.3, -0.25) is 4.72 Å². The predicted octanol–water partition coefficient (Wildman–Crippen LogP) is 0.995. The first-order chi connectivity index (χ1) is 8.98. The van der Waals surface area contributed by atoms with E-state index in [1.165, 1.54) is 0 Å². The van der Waals surface area contributed by atoms with Gasteiger partial charge in [-0.2, -0.15) is 13.1 Å². The van der Waals surface area contributed by atoms with Crippen molar-refractivity contribution >= 4 is 15.9 Å². The van der Waals surface area contributed by atoms with Crippen LogP contribution in [0.1, 0.15) is 24.5 Å². The molecule has 104 valence electrons. The third kappa shape index (κ3) is 5.30. The molecule has 0 amide bonds. The van der Waals surface area contributed by atoms with Gasteiger partial charge in [-0.15, -0.1) is 0 Å².